The quantitative estimate of drug-likeness (QED) is 0.436. The summed E-state index contributed by atoms with van der Waals surface area (Å²) >= 11 is 0. The van der Waals surface area contributed by atoms with Crippen LogP contribution in [-0.4, -0.2) is 48.4 Å². The summed E-state index contributed by atoms with van der Waals surface area (Å²) in [5, 5.41) is 8.56. The van der Waals surface area contributed by atoms with Gasteiger partial charge >= 0.3 is 5.97 Å². The molecule has 0 radical (unpaired) electrons. The van der Waals surface area contributed by atoms with Crippen molar-refractivity contribution in [2.75, 3.05) is 26.7 Å². The van der Waals surface area contributed by atoms with E-state index in [-0.39, 0.29) is 19.1 Å². The summed E-state index contributed by atoms with van der Waals surface area (Å²) in [6.45, 7) is 3.82. The first-order chi connectivity index (χ1) is 5.85. The van der Waals surface area contributed by atoms with Gasteiger partial charge < -0.3 is 9.84 Å². The molecule has 0 heterocycles. The number of carbonyl (C=O) groups is 1. The van der Waals surface area contributed by atoms with Crippen molar-refractivity contribution in [1.82, 2.24) is 4.90 Å². The van der Waals surface area contributed by atoms with Gasteiger partial charge in [-0.15, -0.1) is 0 Å². The summed E-state index contributed by atoms with van der Waals surface area (Å²) in [5.74, 6) is -0.386. The van der Waals surface area contributed by atoms with E-state index in [2.05, 4.69) is 0 Å². The summed E-state index contributed by atoms with van der Waals surface area (Å²) in [7, 11) is 1.72. The Morgan fingerprint density at radius 3 is 2.54 bits per heavy atom. The highest BCUT2D eigenvalue weighted by Gasteiger charge is 2.17. The lowest BCUT2D eigenvalue weighted by Gasteiger charge is -2.21. The Bertz CT molecular complexity index is 165. The van der Waals surface area contributed by atoms with Crippen molar-refractivity contribution in [2.45, 2.75) is 19.6 Å². The van der Waals surface area contributed by atoms with E-state index in [4.69, 9.17) is 15.6 Å². The van der Waals surface area contributed by atoms with E-state index in [1.165, 1.54) is 0 Å². The normalized spacial score (nSPS) is 11.8. The van der Waals surface area contributed by atoms with E-state index in [9.17, 15) is 4.79 Å². The van der Waals surface area contributed by atoms with Gasteiger partial charge in [0, 0.05) is 6.54 Å². The fraction of sp³-hybridized carbons (Fsp3) is 0.875. The van der Waals surface area contributed by atoms with Gasteiger partial charge in [-0.3, -0.25) is 15.4 Å². The second-order valence-electron chi connectivity index (χ2n) is 3.54. The van der Waals surface area contributed by atoms with Crippen molar-refractivity contribution < 1.29 is 14.6 Å². The molecule has 0 rings (SSSR count). The highest BCUT2D eigenvalue weighted by atomic mass is 16.6. The summed E-state index contributed by atoms with van der Waals surface area (Å²) in [4.78, 5) is 12.8. The lowest BCUT2D eigenvalue weighted by Crippen LogP contribution is -2.41. The third-order valence-corrected chi connectivity index (χ3v) is 1.26. The number of esters is 1. The van der Waals surface area contributed by atoms with Crippen molar-refractivity contribution in [3.05, 3.63) is 0 Å². The Labute approximate surface area is 78.5 Å². The van der Waals surface area contributed by atoms with Crippen molar-refractivity contribution in [2.24, 2.45) is 5.73 Å². The highest BCUT2D eigenvalue weighted by Crippen LogP contribution is 1.99. The number of likely N-dealkylation sites (N-methyl/N-ethyl adjacent to an activating group) is 1. The average Bonchev–Trinajstić information content (AvgIpc) is 1.81. The smallest absolute Gasteiger partial charge is 0.321 e. The summed E-state index contributed by atoms with van der Waals surface area (Å²) in [5.41, 5.74) is 4.54. The lowest BCUT2D eigenvalue weighted by molar-refractivity contribution is -0.156. The Hall–Kier alpha value is -0.650. The Kier molecular flexibility index (Phi) is 4.90. The Morgan fingerprint density at radius 1 is 1.62 bits per heavy atom. The molecule has 0 aliphatic heterocycles. The zero-order chi connectivity index (χ0) is 10.5. The molecule has 0 fully saturated rings. The van der Waals surface area contributed by atoms with Gasteiger partial charge in [-0.25, -0.2) is 0 Å². The predicted molar refractivity (Wildman–Crippen MR) is 48.9 cm³/mol. The van der Waals surface area contributed by atoms with Crippen LogP contribution in [0, 0.1) is 0 Å². The molecule has 0 aromatic heterocycles. The standard InChI is InChI=1S/C8H18N2O3/c1-8(2,9)13-7(12)6-10(3)4-5-11/h11H,4-6,9H2,1-3H3. The minimum absolute atomic E-state index is 0.0236. The van der Waals surface area contributed by atoms with E-state index >= 15 is 0 Å². The van der Waals surface area contributed by atoms with Crippen molar-refractivity contribution in [3.8, 4) is 0 Å². The number of hydrogen-bond acceptors (Lipinski definition) is 5. The predicted octanol–water partition coefficient (Wildman–Crippen LogP) is -0.851. The summed E-state index contributed by atoms with van der Waals surface area (Å²) in [6.07, 6.45) is 0. The van der Waals surface area contributed by atoms with Gasteiger partial charge in [0.25, 0.3) is 0 Å². The largest absolute Gasteiger partial charge is 0.444 e. The van der Waals surface area contributed by atoms with Gasteiger partial charge in [0.15, 0.2) is 5.72 Å². The third-order valence-electron chi connectivity index (χ3n) is 1.26. The van der Waals surface area contributed by atoms with E-state index in [0.717, 1.165) is 0 Å². The first kappa shape index (κ1) is 12.3. The first-order valence-corrected chi connectivity index (χ1v) is 4.15. The number of nitrogens with two attached hydrogens (primary N) is 1. The highest BCUT2D eigenvalue weighted by molar-refractivity contribution is 5.72. The van der Waals surface area contributed by atoms with Gasteiger partial charge in [-0.05, 0) is 20.9 Å². The summed E-state index contributed by atoms with van der Waals surface area (Å²) < 4.78 is 4.87. The molecule has 0 unspecified atom stereocenters. The molecule has 0 aromatic rings. The van der Waals surface area contributed by atoms with Crippen LogP contribution in [0.1, 0.15) is 13.8 Å². The Balaban J connectivity index is 3.74. The molecule has 13 heavy (non-hydrogen) atoms. The van der Waals surface area contributed by atoms with Gasteiger partial charge in [0.05, 0.1) is 13.2 Å². The molecule has 5 nitrogen and oxygen atoms in total. The van der Waals surface area contributed by atoms with Crippen molar-refractivity contribution in [3.63, 3.8) is 0 Å². The molecular formula is C8H18N2O3. The molecule has 0 saturated carbocycles. The molecule has 0 aliphatic carbocycles. The second-order valence-corrected chi connectivity index (χ2v) is 3.54. The van der Waals surface area contributed by atoms with Gasteiger partial charge in [0.2, 0.25) is 0 Å². The Morgan fingerprint density at radius 2 is 2.15 bits per heavy atom. The van der Waals surface area contributed by atoms with Gasteiger partial charge in [0.1, 0.15) is 0 Å². The number of rotatable bonds is 5. The molecule has 78 valence electrons. The number of aliphatic hydroxyl groups excluding tert-OH is 1. The average molecular weight is 190 g/mol. The number of aliphatic hydroxyl groups is 1. The molecule has 0 spiro atoms. The molecule has 0 aliphatic rings. The maximum absolute atomic E-state index is 11.1. The second kappa shape index (κ2) is 5.16. The van der Waals surface area contributed by atoms with Crippen LogP contribution in [0.25, 0.3) is 0 Å². The number of hydrogen-bond donors (Lipinski definition) is 2. The van der Waals surface area contributed by atoms with Crippen LogP contribution in [0.5, 0.6) is 0 Å². The maximum Gasteiger partial charge on any atom is 0.321 e. The van der Waals surface area contributed by atoms with Crippen LogP contribution in [0.4, 0.5) is 0 Å². The molecule has 0 bridgehead atoms. The first-order valence-electron chi connectivity index (χ1n) is 4.15. The van der Waals surface area contributed by atoms with Crippen LogP contribution in [-0.2, 0) is 9.53 Å². The van der Waals surface area contributed by atoms with Crippen molar-refractivity contribution >= 4 is 5.97 Å². The van der Waals surface area contributed by atoms with Crippen molar-refractivity contribution in [1.29, 1.82) is 0 Å². The van der Waals surface area contributed by atoms with Crippen LogP contribution < -0.4 is 5.73 Å². The van der Waals surface area contributed by atoms with Crippen LogP contribution in [0.2, 0.25) is 0 Å². The number of ether oxygens (including phenoxy) is 1. The minimum Gasteiger partial charge on any atom is -0.444 e. The number of carbonyl (C=O) groups excluding carboxylic acids is 1. The molecular weight excluding hydrogens is 172 g/mol. The zero-order valence-corrected chi connectivity index (χ0v) is 8.41. The van der Waals surface area contributed by atoms with Crippen LogP contribution in [0.15, 0.2) is 0 Å². The molecule has 0 saturated heterocycles. The topological polar surface area (TPSA) is 75.8 Å². The molecule has 0 amide bonds. The molecule has 0 atom stereocenters. The maximum atomic E-state index is 11.1. The third kappa shape index (κ3) is 7.70. The molecule has 5 heteroatoms. The van der Waals surface area contributed by atoms with Crippen LogP contribution in [0.3, 0.4) is 0 Å². The molecule has 0 aromatic carbocycles. The fourth-order valence-corrected chi connectivity index (χ4v) is 0.796. The van der Waals surface area contributed by atoms with E-state index in [1.54, 1.807) is 25.8 Å². The van der Waals surface area contributed by atoms with E-state index < -0.39 is 5.72 Å². The monoisotopic (exact) mass is 190 g/mol. The van der Waals surface area contributed by atoms with E-state index in [1.807, 2.05) is 0 Å². The van der Waals surface area contributed by atoms with Gasteiger partial charge in [-0.2, -0.15) is 0 Å². The molecule has 3 N–H and O–H groups in total. The SMILES string of the molecule is CN(CCO)CC(=O)OC(C)(C)N. The number of nitrogens with zero attached hydrogens (tertiary/aromatic N) is 1. The lowest BCUT2D eigenvalue weighted by atomic mass is 10.3. The summed E-state index contributed by atoms with van der Waals surface area (Å²) in [6, 6.07) is 0. The van der Waals surface area contributed by atoms with Gasteiger partial charge in [-0.1, -0.05) is 0 Å². The minimum atomic E-state index is -0.933. The van der Waals surface area contributed by atoms with Crippen LogP contribution >= 0.6 is 0 Å². The zero-order valence-electron chi connectivity index (χ0n) is 8.41. The fourth-order valence-electron chi connectivity index (χ4n) is 0.796. The van der Waals surface area contributed by atoms with E-state index in [0.29, 0.717) is 6.54 Å².